The first-order valence-corrected chi connectivity index (χ1v) is 8.17. The van der Waals surface area contributed by atoms with E-state index in [-0.39, 0.29) is 35.2 Å². The zero-order chi connectivity index (χ0) is 16.0. The van der Waals surface area contributed by atoms with Crippen LogP contribution < -0.4 is 10.6 Å². The Hall–Kier alpha value is -1.15. The average molecular weight is 447 g/mol. The molecule has 2 N–H and O–H groups in total. The predicted octanol–water partition coefficient (Wildman–Crippen LogP) is 4.15. The van der Waals surface area contributed by atoms with Crippen molar-refractivity contribution < 1.29 is 4.39 Å². The van der Waals surface area contributed by atoms with Gasteiger partial charge in [0.1, 0.15) is 5.82 Å². The summed E-state index contributed by atoms with van der Waals surface area (Å²) in [6, 6.07) is 8.76. The number of hydrogen-bond donors (Lipinski definition) is 2. The van der Waals surface area contributed by atoms with E-state index in [1.54, 1.807) is 18.4 Å². The van der Waals surface area contributed by atoms with Gasteiger partial charge in [-0.25, -0.2) is 4.39 Å². The third-order valence-electron chi connectivity index (χ3n) is 3.59. The van der Waals surface area contributed by atoms with Crippen molar-refractivity contribution in [2.75, 3.05) is 13.6 Å². The van der Waals surface area contributed by atoms with Crippen molar-refractivity contribution >= 4 is 41.3 Å². The summed E-state index contributed by atoms with van der Waals surface area (Å²) in [5.74, 6) is 0.558. The number of rotatable bonds is 5. The Morgan fingerprint density at radius 2 is 1.87 bits per heavy atom. The summed E-state index contributed by atoms with van der Waals surface area (Å²) >= 11 is 1.68. The van der Waals surface area contributed by atoms with Crippen molar-refractivity contribution in [3.05, 3.63) is 58.0 Å². The maximum absolute atomic E-state index is 13.0. The summed E-state index contributed by atoms with van der Waals surface area (Å²) in [6.45, 7) is 5.71. The molecule has 0 aliphatic heterocycles. The molecule has 0 fully saturated rings. The van der Waals surface area contributed by atoms with E-state index >= 15 is 0 Å². The van der Waals surface area contributed by atoms with Gasteiger partial charge in [0.05, 0.1) is 0 Å². The first-order valence-electron chi connectivity index (χ1n) is 7.23. The van der Waals surface area contributed by atoms with E-state index in [9.17, 15) is 4.39 Å². The molecule has 1 heterocycles. The van der Waals surface area contributed by atoms with E-state index in [1.165, 1.54) is 17.7 Å². The Kier molecular flexibility index (Phi) is 7.98. The standard InChI is InChI=1S/C17H22FN3S.HI/c1-17(2,14-4-6-15(18)7-5-14)12-21-16(19-3)20-10-13-8-9-22-11-13;/h4-9,11H,10,12H2,1-3H3,(H2,19,20,21);1H. The molecular weight excluding hydrogens is 424 g/mol. The van der Waals surface area contributed by atoms with E-state index in [1.807, 2.05) is 12.1 Å². The van der Waals surface area contributed by atoms with Crippen LogP contribution >= 0.6 is 35.3 Å². The highest BCUT2D eigenvalue weighted by atomic mass is 127. The Morgan fingerprint density at radius 3 is 2.43 bits per heavy atom. The van der Waals surface area contributed by atoms with Gasteiger partial charge in [-0.2, -0.15) is 11.3 Å². The molecule has 0 radical (unpaired) electrons. The first kappa shape index (κ1) is 19.9. The van der Waals surface area contributed by atoms with Crippen molar-refractivity contribution in [2.24, 2.45) is 4.99 Å². The molecule has 126 valence electrons. The zero-order valence-electron chi connectivity index (χ0n) is 13.6. The number of nitrogens with one attached hydrogen (secondary N) is 2. The van der Waals surface area contributed by atoms with Crippen molar-refractivity contribution in [1.82, 2.24) is 10.6 Å². The molecular formula is C17H23FIN3S. The van der Waals surface area contributed by atoms with Gasteiger partial charge in [0.15, 0.2) is 5.96 Å². The number of nitrogens with zero attached hydrogens (tertiary/aromatic N) is 1. The summed E-state index contributed by atoms with van der Waals surface area (Å²) in [7, 11) is 1.76. The quantitative estimate of drug-likeness (QED) is 0.411. The van der Waals surface area contributed by atoms with Crippen LogP contribution in [-0.2, 0) is 12.0 Å². The van der Waals surface area contributed by atoms with Crippen molar-refractivity contribution in [2.45, 2.75) is 25.8 Å². The maximum atomic E-state index is 13.0. The third kappa shape index (κ3) is 6.10. The molecule has 0 aliphatic carbocycles. The summed E-state index contributed by atoms with van der Waals surface area (Å²) in [4.78, 5) is 4.24. The van der Waals surface area contributed by atoms with E-state index < -0.39 is 0 Å². The van der Waals surface area contributed by atoms with Crippen LogP contribution in [-0.4, -0.2) is 19.6 Å². The Morgan fingerprint density at radius 1 is 1.17 bits per heavy atom. The van der Waals surface area contributed by atoms with Gasteiger partial charge in [0, 0.05) is 25.6 Å². The van der Waals surface area contributed by atoms with Crippen LogP contribution in [0.15, 0.2) is 46.1 Å². The second-order valence-corrected chi connectivity index (χ2v) is 6.58. The zero-order valence-corrected chi connectivity index (χ0v) is 16.7. The molecule has 0 amide bonds. The molecule has 0 bridgehead atoms. The fraction of sp³-hybridized carbons (Fsp3) is 0.353. The summed E-state index contributed by atoms with van der Waals surface area (Å²) in [5, 5.41) is 10.8. The van der Waals surface area contributed by atoms with E-state index in [4.69, 9.17) is 0 Å². The minimum absolute atomic E-state index is 0. The van der Waals surface area contributed by atoms with Crippen LogP contribution in [0.3, 0.4) is 0 Å². The minimum Gasteiger partial charge on any atom is -0.356 e. The molecule has 0 aliphatic rings. The molecule has 2 aromatic rings. The molecule has 0 spiro atoms. The van der Waals surface area contributed by atoms with Crippen molar-refractivity contribution in [3.8, 4) is 0 Å². The average Bonchev–Trinajstić information content (AvgIpc) is 3.01. The topological polar surface area (TPSA) is 36.4 Å². The highest BCUT2D eigenvalue weighted by Gasteiger charge is 2.20. The van der Waals surface area contributed by atoms with E-state index in [2.05, 4.69) is 46.3 Å². The summed E-state index contributed by atoms with van der Waals surface area (Å²) in [5.41, 5.74) is 2.22. The molecule has 1 aromatic carbocycles. The van der Waals surface area contributed by atoms with Gasteiger partial charge in [-0.05, 0) is 40.1 Å². The van der Waals surface area contributed by atoms with Crippen LogP contribution in [0, 0.1) is 5.82 Å². The Bertz CT molecular complexity index is 609. The second kappa shape index (κ2) is 9.22. The molecule has 23 heavy (non-hydrogen) atoms. The maximum Gasteiger partial charge on any atom is 0.191 e. The monoisotopic (exact) mass is 447 g/mol. The molecule has 3 nitrogen and oxygen atoms in total. The number of guanidine groups is 1. The molecule has 6 heteroatoms. The largest absolute Gasteiger partial charge is 0.356 e. The molecule has 0 unspecified atom stereocenters. The van der Waals surface area contributed by atoms with Gasteiger partial charge in [-0.1, -0.05) is 26.0 Å². The predicted molar refractivity (Wildman–Crippen MR) is 107 cm³/mol. The SMILES string of the molecule is CN=C(NCc1ccsc1)NCC(C)(C)c1ccc(F)cc1.I. The summed E-state index contributed by atoms with van der Waals surface area (Å²) in [6.07, 6.45) is 0. The van der Waals surface area contributed by atoms with Crippen LogP contribution in [0.25, 0.3) is 0 Å². The number of thiophene rings is 1. The minimum atomic E-state index is -0.208. The van der Waals surface area contributed by atoms with Crippen molar-refractivity contribution in [1.29, 1.82) is 0 Å². The van der Waals surface area contributed by atoms with Gasteiger partial charge in [0.2, 0.25) is 0 Å². The fourth-order valence-corrected chi connectivity index (χ4v) is 2.78. The van der Waals surface area contributed by atoms with Crippen LogP contribution in [0.5, 0.6) is 0 Å². The van der Waals surface area contributed by atoms with Gasteiger partial charge < -0.3 is 10.6 Å². The number of hydrogen-bond acceptors (Lipinski definition) is 2. The highest BCUT2D eigenvalue weighted by Crippen LogP contribution is 2.22. The lowest BCUT2D eigenvalue weighted by Gasteiger charge is -2.26. The van der Waals surface area contributed by atoms with Gasteiger partial charge in [-0.3, -0.25) is 4.99 Å². The lowest BCUT2D eigenvalue weighted by molar-refractivity contribution is 0.507. The molecule has 0 saturated carbocycles. The number of halogens is 2. The van der Waals surface area contributed by atoms with Crippen LogP contribution in [0.2, 0.25) is 0 Å². The number of aliphatic imine (C=N–C) groups is 1. The van der Waals surface area contributed by atoms with Gasteiger partial charge in [0.25, 0.3) is 0 Å². The third-order valence-corrected chi connectivity index (χ3v) is 4.32. The normalized spacial score (nSPS) is 11.7. The Balaban J connectivity index is 0.00000264. The van der Waals surface area contributed by atoms with Gasteiger partial charge >= 0.3 is 0 Å². The molecule has 1 aromatic heterocycles. The number of benzene rings is 1. The summed E-state index contributed by atoms with van der Waals surface area (Å²) < 4.78 is 13.0. The van der Waals surface area contributed by atoms with Crippen molar-refractivity contribution in [3.63, 3.8) is 0 Å². The van der Waals surface area contributed by atoms with E-state index in [0.717, 1.165) is 18.1 Å². The van der Waals surface area contributed by atoms with Gasteiger partial charge in [-0.15, -0.1) is 24.0 Å². The van der Waals surface area contributed by atoms with Crippen LogP contribution in [0.1, 0.15) is 25.0 Å². The lowest BCUT2D eigenvalue weighted by atomic mass is 9.84. The van der Waals surface area contributed by atoms with Crippen LogP contribution in [0.4, 0.5) is 4.39 Å². The van der Waals surface area contributed by atoms with E-state index in [0.29, 0.717) is 6.54 Å². The second-order valence-electron chi connectivity index (χ2n) is 5.80. The smallest absolute Gasteiger partial charge is 0.191 e. The molecule has 2 rings (SSSR count). The first-order chi connectivity index (χ1) is 10.5. The molecule has 0 saturated heterocycles. The Labute approximate surface area is 158 Å². The lowest BCUT2D eigenvalue weighted by Crippen LogP contribution is -2.43. The molecule has 0 atom stereocenters. The fourth-order valence-electron chi connectivity index (χ4n) is 2.11. The highest BCUT2D eigenvalue weighted by molar-refractivity contribution is 14.0.